The zero-order valence-corrected chi connectivity index (χ0v) is 16.5. The Morgan fingerprint density at radius 3 is 2.34 bits per heavy atom. The van der Waals surface area contributed by atoms with E-state index < -0.39 is 12.0 Å². The molecule has 29 heavy (non-hydrogen) atoms. The summed E-state index contributed by atoms with van der Waals surface area (Å²) >= 11 is 0. The van der Waals surface area contributed by atoms with Crippen molar-refractivity contribution in [3.05, 3.63) is 70.8 Å². The summed E-state index contributed by atoms with van der Waals surface area (Å²) in [6.07, 6.45) is 0.519. The van der Waals surface area contributed by atoms with E-state index >= 15 is 0 Å². The summed E-state index contributed by atoms with van der Waals surface area (Å²) in [5, 5.41) is 2.86. The smallest absolute Gasteiger partial charge is 0.337 e. The van der Waals surface area contributed by atoms with Crippen LogP contribution in [0.4, 0.5) is 0 Å². The molecule has 0 unspecified atom stereocenters. The number of rotatable bonds is 6. The Labute approximate surface area is 169 Å². The molecular formula is C22H24N2O5. The third-order valence-corrected chi connectivity index (χ3v) is 5.03. The average molecular weight is 396 g/mol. The summed E-state index contributed by atoms with van der Waals surface area (Å²) in [5.41, 5.74) is 3.53. The number of hydrogen-bond acceptors (Lipinski definition) is 6. The maximum atomic E-state index is 12.5. The van der Waals surface area contributed by atoms with E-state index in [1.54, 1.807) is 24.3 Å². The number of hydrogen-bond donors (Lipinski definition) is 1. The van der Waals surface area contributed by atoms with Crippen molar-refractivity contribution in [2.75, 3.05) is 20.8 Å². The van der Waals surface area contributed by atoms with Crippen molar-refractivity contribution >= 4 is 17.8 Å². The number of ether oxygens (including phenoxy) is 2. The molecule has 0 saturated heterocycles. The fourth-order valence-electron chi connectivity index (χ4n) is 3.43. The van der Waals surface area contributed by atoms with Crippen LogP contribution in [-0.4, -0.2) is 49.6 Å². The van der Waals surface area contributed by atoms with Crippen LogP contribution in [0.25, 0.3) is 0 Å². The van der Waals surface area contributed by atoms with Crippen molar-refractivity contribution < 1.29 is 23.9 Å². The van der Waals surface area contributed by atoms with Gasteiger partial charge >= 0.3 is 11.9 Å². The van der Waals surface area contributed by atoms with E-state index in [1.807, 2.05) is 29.2 Å². The lowest BCUT2D eigenvalue weighted by atomic mass is 9.94. The van der Waals surface area contributed by atoms with Crippen LogP contribution in [0.3, 0.4) is 0 Å². The molecule has 1 aliphatic rings. The summed E-state index contributed by atoms with van der Waals surface area (Å²) < 4.78 is 9.61. The Balaban J connectivity index is 1.61. The molecule has 0 bridgehead atoms. The van der Waals surface area contributed by atoms with Gasteiger partial charge in [-0.3, -0.25) is 14.5 Å². The monoisotopic (exact) mass is 396 g/mol. The zero-order valence-electron chi connectivity index (χ0n) is 16.5. The highest BCUT2D eigenvalue weighted by Crippen LogP contribution is 2.23. The quantitative estimate of drug-likeness (QED) is 0.748. The number of carbonyl (C=O) groups is 3. The van der Waals surface area contributed by atoms with Crippen molar-refractivity contribution in [1.29, 1.82) is 0 Å². The van der Waals surface area contributed by atoms with Crippen LogP contribution in [0.2, 0.25) is 0 Å². The molecule has 1 amide bonds. The molecule has 0 fully saturated rings. The predicted molar refractivity (Wildman–Crippen MR) is 106 cm³/mol. The molecule has 0 aromatic heterocycles. The topological polar surface area (TPSA) is 84.9 Å². The predicted octanol–water partition coefficient (Wildman–Crippen LogP) is 1.69. The van der Waals surface area contributed by atoms with Gasteiger partial charge in [0.1, 0.15) is 6.04 Å². The van der Waals surface area contributed by atoms with Crippen LogP contribution in [0, 0.1) is 0 Å². The Hall–Kier alpha value is -3.19. The first-order valence-electron chi connectivity index (χ1n) is 9.34. The number of methoxy groups -OCH3 is 2. The lowest BCUT2D eigenvalue weighted by Gasteiger charge is -2.34. The van der Waals surface area contributed by atoms with Gasteiger partial charge in [-0.2, -0.15) is 0 Å². The minimum atomic E-state index is -0.486. The van der Waals surface area contributed by atoms with Gasteiger partial charge in [-0.05, 0) is 35.2 Å². The lowest BCUT2D eigenvalue weighted by Crippen LogP contribution is -2.49. The van der Waals surface area contributed by atoms with Crippen molar-refractivity contribution in [3.63, 3.8) is 0 Å². The van der Waals surface area contributed by atoms with Crippen molar-refractivity contribution in [2.45, 2.75) is 25.6 Å². The second kappa shape index (κ2) is 9.34. The number of carbonyl (C=O) groups excluding carboxylic acids is 3. The molecule has 7 heteroatoms. The van der Waals surface area contributed by atoms with E-state index in [2.05, 4.69) is 10.1 Å². The van der Waals surface area contributed by atoms with Crippen molar-refractivity contribution in [3.8, 4) is 0 Å². The van der Waals surface area contributed by atoms with Crippen LogP contribution in [-0.2, 0) is 38.6 Å². The number of esters is 2. The van der Waals surface area contributed by atoms with Crippen LogP contribution < -0.4 is 5.32 Å². The molecule has 2 aromatic rings. The second-order valence-corrected chi connectivity index (χ2v) is 6.88. The van der Waals surface area contributed by atoms with Crippen LogP contribution >= 0.6 is 0 Å². The second-order valence-electron chi connectivity index (χ2n) is 6.88. The highest BCUT2D eigenvalue weighted by atomic mass is 16.5. The highest BCUT2D eigenvalue weighted by molar-refractivity contribution is 5.89. The fourth-order valence-corrected chi connectivity index (χ4v) is 3.43. The summed E-state index contributed by atoms with van der Waals surface area (Å²) in [6, 6.07) is 14.3. The van der Waals surface area contributed by atoms with Gasteiger partial charge in [-0.1, -0.05) is 36.4 Å². The number of amides is 1. The fraction of sp³-hybridized carbons (Fsp3) is 0.318. The van der Waals surface area contributed by atoms with E-state index in [-0.39, 0.29) is 18.4 Å². The summed E-state index contributed by atoms with van der Waals surface area (Å²) in [6.45, 7) is 0.930. The molecule has 1 heterocycles. The highest BCUT2D eigenvalue weighted by Gasteiger charge is 2.33. The Kier molecular flexibility index (Phi) is 6.61. The molecule has 0 saturated carbocycles. The molecule has 152 valence electrons. The molecule has 3 rings (SSSR count). The number of nitrogens with zero attached hydrogens (tertiary/aromatic N) is 1. The average Bonchev–Trinajstić information content (AvgIpc) is 2.76. The summed E-state index contributed by atoms with van der Waals surface area (Å²) in [5.74, 6) is -0.930. The van der Waals surface area contributed by atoms with Gasteiger partial charge in [0.05, 0.1) is 26.3 Å². The lowest BCUT2D eigenvalue weighted by molar-refractivity contribution is -0.148. The number of fused-ring (bicyclic) bond motifs is 1. The molecule has 0 radical (unpaired) electrons. The molecule has 1 N–H and O–H groups in total. The molecule has 0 aliphatic carbocycles. The molecular weight excluding hydrogens is 372 g/mol. The molecule has 1 aliphatic heterocycles. The SMILES string of the molecule is COC(=O)c1ccc(CNC(=O)CN2Cc3ccccc3C[C@H]2C(=O)OC)cc1. The molecule has 0 spiro atoms. The van der Waals surface area contributed by atoms with Crippen molar-refractivity contribution in [1.82, 2.24) is 10.2 Å². The van der Waals surface area contributed by atoms with Crippen LogP contribution in [0.1, 0.15) is 27.0 Å². The van der Waals surface area contributed by atoms with E-state index in [9.17, 15) is 14.4 Å². The van der Waals surface area contributed by atoms with Gasteiger partial charge in [0, 0.05) is 13.1 Å². The first-order chi connectivity index (χ1) is 14.0. The first-order valence-corrected chi connectivity index (χ1v) is 9.34. The maximum absolute atomic E-state index is 12.5. The third-order valence-electron chi connectivity index (χ3n) is 5.03. The van der Waals surface area contributed by atoms with Gasteiger partial charge in [0.25, 0.3) is 0 Å². The van der Waals surface area contributed by atoms with Crippen molar-refractivity contribution in [2.24, 2.45) is 0 Å². The van der Waals surface area contributed by atoms with Gasteiger partial charge in [0.2, 0.25) is 5.91 Å². The minimum absolute atomic E-state index is 0.0916. The Morgan fingerprint density at radius 1 is 1.00 bits per heavy atom. The van der Waals surface area contributed by atoms with E-state index in [0.29, 0.717) is 25.1 Å². The van der Waals surface area contributed by atoms with Crippen LogP contribution in [0.15, 0.2) is 48.5 Å². The number of nitrogens with one attached hydrogen (secondary N) is 1. The van der Waals surface area contributed by atoms with E-state index in [0.717, 1.165) is 16.7 Å². The molecule has 7 nitrogen and oxygen atoms in total. The standard InChI is InChI=1S/C22H24N2O5/c1-28-21(26)16-9-7-15(8-10-16)12-23-20(25)14-24-13-18-6-4-3-5-17(18)11-19(24)22(27)29-2/h3-10,19H,11-14H2,1-2H3,(H,23,25)/t19-/m0/s1. The van der Waals surface area contributed by atoms with E-state index in [4.69, 9.17) is 4.74 Å². The van der Waals surface area contributed by atoms with Crippen LogP contribution in [0.5, 0.6) is 0 Å². The summed E-state index contributed by atoms with van der Waals surface area (Å²) in [4.78, 5) is 38.0. The van der Waals surface area contributed by atoms with Gasteiger partial charge in [-0.15, -0.1) is 0 Å². The first kappa shape index (κ1) is 20.5. The van der Waals surface area contributed by atoms with Gasteiger partial charge in [-0.25, -0.2) is 4.79 Å². The van der Waals surface area contributed by atoms with Gasteiger partial charge in [0.15, 0.2) is 0 Å². The third kappa shape index (κ3) is 5.00. The largest absolute Gasteiger partial charge is 0.468 e. The zero-order chi connectivity index (χ0) is 20.8. The molecule has 1 atom stereocenters. The van der Waals surface area contributed by atoms with Gasteiger partial charge < -0.3 is 14.8 Å². The Morgan fingerprint density at radius 2 is 1.69 bits per heavy atom. The minimum Gasteiger partial charge on any atom is -0.468 e. The summed E-state index contributed by atoms with van der Waals surface area (Å²) in [7, 11) is 2.69. The maximum Gasteiger partial charge on any atom is 0.337 e. The normalized spacial score (nSPS) is 15.9. The molecule has 2 aromatic carbocycles. The van der Waals surface area contributed by atoms with E-state index in [1.165, 1.54) is 14.2 Å². The Bertz CT molecular complexity index is 894. The number of benzene rings is 2.